The third-order valence-electron chi connectivity index (χ3n) is 3.13. The highest BCUT2D eigenvalue weighted by Gasteiger charge is 2.27. The molecular formula is C13H21BrN4O. The van der Waals surface area contributed by atoms with Gasteiger partial charge in [-0.1, -0.05) is 0 Å². The van der Waals surface area contributed by atoms with Gasteiger partial charge < -0.3 is 15.0 Å². The third kappa shape index (κ3) is 5.04. The summed E-state index contributed by atoms with van der Waals surface area (Å²) in [5.41, 5.74) is 0. The zero-order chi connectivity index (χ0) is 13.7. The van der Waals surface area contributed by atoms with Gasteiger partial charge in [0.1, 0.15) is 16.2 Å². The topological polar surface area (TPSA) is 50.3 Å². The maximum absolute atomic E-state index is 5.05. The highest BCUT2D eigenvalue weighted by molar-refractivity contribution is 9.10. The summed E-state index contributed by atoms with van der Waals surface area (Å²) in [5, 5.41) is 3.35. The monoisotopic (exact) mass is 328 g/mol. The summed E-state index contributed by atoms with van der Waals surface area (Å²) >= 11 is 3.45. The lowest BCUT2D eigenvalue weighted by molar-refractivity contribution is 0.163. The van der Waals surface area contributed by atoms with Gasteiger partial charge in [-0.05, 0) is 35.8 Å². The molecule has 0 atom stereocenters. The fraction of sp³-hybridized carbons (Fsp3) is 0.692. The van der Waals surface area contributed by atoms with Gasteiger partial charge in [-0.25, -0.2) is 9.97 Å². The van der Waals surface area contributed by atoms with Crippen LogP contribution >= 0.6 is 15.9 Å². The predicted octanol–water partition coefficient (Wildman–Crippen LogP) is 2.11. The number of anilines is 1. The van der Waals surface area contributed by atoms with E-state index in [1.807, 2.05) is 6.07 Å². The summed E-state index contributed by atoms with van der Waals surface area (Å²) in [5.74, 6) is 2.44. The molecule has 1 fully saturated rings. The van der Waals surface area contributed by atoms with Gasteiger partial charge in [0, 0.05) is 38.7 Å². The average molecular weight is 329 g/mol. The molecule has 19 heavy (non-hydrogen) atoms. The van der Waals surface area contributed by atoms with Gasteiger partial charge in [0.05, 0.1) is 6.61 Å². The summed E-state index contributed by atoms with van der Waals surface area (Å²) in [6.45, 7) is 3.54. The van der Waals surface area contributed by atoms with Gasteiger partial charge in [-0.15, -0.1) is 0 Å². The first-order chi connectivity index (χ1) is 9.19. The van der Waals surface area contributed by atoms with Crippen LogP contribution in [0.4, 0.5) is 5.82 Å². The quantitative estimate of drug-likeness (QED) is 0.741. The van der Waals surface area contributed by atoms with Crippen molar-refractivity contribution in [3.05, 3.63) is 16.5 Å². The number of hydrogen-bond donors (Lipinski definition) is 1. The maximum atomic E-state index is 5.05. The number of ether oxygens (including phenoxy) is 1. The second kappa shape index (κ2) is 7.17. The van der Waals surface area contributed by atoms with Crippen molar-refractivity contribution in [1.29, 1.82) is 0 Å². The van der Waals surface area contributed by atoms with Crippen LogP contribution in [0.2, 0.25) is 0 Å². The summed E-state index contributed by atoms with van der Waals surface area (Å²) in [7, 11) is 3.82. The number of rotatable bonds is 8. The lowest BCUT2D eigenvalue weighted by Crippen LogP contribution is -2.28. The van der Waals surface area contributed by atoms with Gasteiger partial charge in [0.25, 0.3) is 0 Å². The third-order valence-corrected chi connectivity index (χ3v) is 3.54. The molecule has 1 aromatic rings. The van der Waals surface area contributed by atoms with Crippen LogP contribution in [-0.2, 0) is 4.74 Å². The van der Waals surface area contributed by atoms with Crippen molar-refractivity contribution < 1.29 is 4.74 Å². The highest BCUT2D eigenvalue weighted by Crippen LogP contribution is 2.38. The Kier molecular flexibility index (Phi) is 5.54. The summed E-state index contributed by atoms with van der Waals surface area (Å²) in [6, 6.07) is 1.93. The van der Waals surface area contributed by atoms with Gasteiger partial charge in [-0.3, -0.25) is 0 Å². The molecule has 1 aromatic heterocycles. The van der Waals surface area contributed by atoms with Crippen LogP contribution in [0.5, 0.6) is 0 Å². The largest absolute Gasteiger partial charge is 0.383 e. The molecule has 0 aromatic carbocycles. The van der Waals surface area contributed by atoms with Crippen LogP contribution in [0.25, 0.3) is 0 Å². The van der Waals surface area contributed by atoms with E-state index in [1.165, 1.54) is 12.8 Å². The minimum atomic E-state index is 0.572. The number of hydrogen-bond acceptors (Lipinski definition) is 5. The SMILES string of the molecule is COCCN(C)CCNc1cc(Br)nc(C2CC2)n1. The zero-order valence-corrected chi connectivity index (χ0v) is 13.1. The summed E-state index contributed by atoms with van der Waals surface area (Å²) in [4.78, 5) is 11.2. The molecule has 1 N–H and O–H groups in total. The van der Waals surface area contributed by atoms with Gasteiger partial charge >= 0.3 is 0 Å². The Morgan fingerprint density at radius 1 is 1.42 bits per heavy atom. The average Bonchev–Trinajstić information content (AvgIpc) is 3.20. The van der Waals surface area contributed by atoms with Crippen molar-refractivity contribution in [1.82, 2.24) is 14.9 Å². The number of nitrogens with zero attached hydrogens (tertiary/aromatic N) is 3. The molecule has 1 heterocycles. The number of likely N-dealkylation sites (N-methyl/N-ethyl adjacent to an activating group) is 1. The van der Waals surface area contributed by atoms with Crippen molar-refractivity contribution in [2.75, 3.05) is 45.7 Å². The molecule has 0 spiro atoms. The van der Waals surface area contributed by atoms with Gasteiger partial charge in [-0.2, -0.15) is 0 Å². The Morgan fingerprint density at radius 3 is 2.89 bits per heavy atom. The first-order valence-electron chi connectivity index (χ1n) is 6.65. The van der Waals surface area contributed by atoms with E-state index in [4.69, 9.17) is 4.74 Å². The molecule has 0 saturated heterocycles. The van der Waals surface area contributed by atoms with E-state index < -0.39 is 0 Å². The molecule has 1 saturated carbocycles. The van der Waals surface area contributed by atoms with Crippen LogP contribution < -0.4 is 5.32 Å². The fourth-order valence-corrected chi connectivity index (χ4v) is 2.18. The molecule has 1 aliphatic rings. The first-order valence-corrected chi connectivity index (χ1v) is 7.44. The smallest absolute Gasteiger partial charge is 0.135 e. The van der Waals surface area contributed by atoms with E-state index in [0.29, 0.717) is 5.92 Å². The maximum Gasteiger partial charge on any atom is 0.135 e. The van der Waals surface area contributed by atoms with Crippen molar-refractivity contribution in [3.8, 4) is 0 Å². The second-order valence-corrected chi connectivity index (χ2v) is 5.74. The van der Waals surface area contributed by atoms with Gasteiger partial charge in [0.15, 0.2) is 0 Å². The van der Waals surface area contributed by atoms with Crippen LogP contribution in [0.1, 0.15) is 24.6 Å². The van der Waals surface area contributed by atoms with Crippen LogP contribution in [-0.4, -0.2) is 55.3 Å². The van der Waals surface area contributed by atoms with E-state index in [1.54, 1.807) is 7.11 Å². The number of nitrogens with one attached hydrogen (secondary N) is 1. The molecule has 0 amide bonds. The second-order valence-electron chi connectivity index (χ2n) is 4.93. The van der Waals surface area contributed by atoms with Crippen LogP contribution in [0, 0.1) is 0 Å². The molecule has 106 valence electrons. The van der Waals surface area contributed by atoms with E-state index in [-0.39, 0.29) is 0 Å². The Balaban J connectivity index is 1.79. The Labute approximate surface area is 122 Å². The molecular weight excluding hydrogens is 308 g/mol. The van der Waals surface area contributed by atoms with Crippen molar-refractivity contribution in [2.24, 2.45) is 0 Å². The zero-order valence-electron chi connectivity index (χ0n) is 11.5. The first kappa shape index (κ1) is 14.7. The standard InChI is InChI=1S/C13H21BrN4O/c1-18(7-8-19-2)6-5-15-12-9-11(14)16-13(17-12)10-3-4-10/h9-10H,3-8H2,1-2H3,(H,15,16,17). The van der Waals surface area contributed by atoms with Gasteiger partial charge in [0.2, 0.25) is 0 Å². The Bertz CT molecular complexity index is 412. The van der Waals surface area contributed by atoms with E-state index in [9.17, 15) is 0 Å². The molecule has 1 aliphatic carbocycles. The molecule has 0 unspecified atom stereocenters. The normalized spacial score (nSPS) is 14.9. The summed E-state index contributed by atoms with van der Waals surface area (Å²) < 4.78 is 5.91. The highest BCUT2D eigenvalue weighted by atomic mass is 79.9. The minimum absolute atomic E-state index is 0.572. The fourth-order valence-electron chi connectivity index (χ4n) is 1.78. The number of halogens is 1. The molecule has 2 rings (SSSR count). The van der Waals surface area contributed by atoms with Crippen molar-refractivity contribution >= 4 is 21.7 Å². The lowest BCUT2D eigenvalue weighted by Gasteiger charge is -2.16. The van der Waals surface area contributed by atoms with E-state index in [0.717, 1.165) is 42.5 Å². The molecule has 0 radical (unpaired) electrons. The number of aromatic nitrogens is 2. The molecule has 6 heteroatoms. The predicted molar refractivity (Wildman–Crippen MR) is 79.6 cm³/mol. The lowest BCUT2D eigenvalue weighted by atomic mass is 10.4. The Hall–Kier alpha value is -0.720. The minimum Gasteiger partial charge on any atom is -0.383 e. The molecule has 0 aliphatic heterocycles. The van der Waals surface area contributed by atoms with Crippen molar-refractivity contribution in [2.45, 2.75) is 18.8 Å². The van der Waals surface area contributed by atoms with E-state index in [2.05, 4.69) is 43.2 Å². The van der Waals surface area contributed by atoms with Crippen molar-refractivity contribution in [3.63, 3.8) is 0 Å². The molecule has 5 nitrogen and oxygen atoms in total. The number of methoxy groups -OCH3 is 1. The van der Waals surface area contributed by atoms with Crippen LogP contribution in [0.15, 0.2) is 10.7 Å². The van der Waals surface area contributed by atoms with Crippen LogP contribution in [0.3, 0.4) is 0 Å². The Morgan fingerprint density at radius 2 is 2.21 bits per heavy atom. The summed E-state index contributed by atoms with van der Waals surface area (Å²) in [6.07, 6.45) is 2.44. The molecule has 0 bridgehead atoms. The van der Waals surface area contributed by atoms with E-state index >= 15 is 0 Å².